The fourth-order valence-corrected chi connectivity index (χ4v) is 1.45. The maximum absolute atomic E-state index is 11.6. The van der Waals surface area contributed by atoms with Gasteiger partial charge in [0.1, 0.15) is 0 Å². The van der Waals surface area contributed by atoms with Crippen LogP contribution in [0.15, 0.2) is 23.1 Å². The molecular weight excluding hydrogens is 252 g/mol. The van der Waals surface area contributed by atoms with Crippen molar-refractivity contribution in [2.45, 2.75) is 13.5 Å². The van der Waals surface area contributed by atoms with Crippen molar-refractivity contribution in [3.05, 3.63) is 35.7 Å². The number of amides is 1. The van der Waals surface area contributed by atoms with Crippen molar-refractivity contribution in [3.8, 4) is 0 Å². The van der Waals surface area contributed by atoms with Crippen LogP contribution in [-0.2, 0) is 6.54 Å². The number of nitrogens with one attached hydrogen (secondary N) is 1. The van der Waals surface area contributed by atoms with Crippen LogP contribution in [0.5, 0.6) is 0 Å². The Bertz CT molecular complexity index is 601. The van der Waals surface area contributed by atoms with Crippen molar-refractivity contribution in [2.75, 3.05) is 6.54 Å². The fourth-order valence-electron chi connectivity index (χ4n) is 1.45. The molecule has 1 amide bonds. The van der Waals surface area contributed by atoms with Gasteiger partial charge in [-0.15, -0.1) is 0 Å². The zero-order valence-corrected chi connectivity index (χ0v) is 10.2. The van der Waals surface area contributed by atoms with Gasteiger partial charge in [-0.25, -0.2) is 9.78 Å². The zero-order valence-electron chi connectivity index (χ0n) is 10.2. The smallest absolute Gasteiger partial charge is 0.356 e. The second-order valence-electron chi connectivity index (χ2n) is 3.89. The highest BCUT2D eigenvalue weighted by molar-refractivity contribution is 5.91. The van der Waals surface area contributed by atoms with Gasteiger partial charge >= 0.3 is 5.97 Å². The highest BCUT2D eigenvalue weighted by Crippen LogP contribution is 2.01. The molecule has 0 bridgehead atoms. The minimum absolute atomic E-state index is 0.0304. The van der Waals surface area contributed by atoms with Crippen LogP contribution >= 0.6 is 0 Å². The second kappa shape index (κ2) is 5.34. The lowest BCUT2D eigenvalue weighted by atomic mass is 10.3. The lowest BCUT2D eigenvalue weighted by molar-refractivity contribution is 0.0690. The second-order valence-corrected chi connectivity index (χ2v) is 3.89. The average Bonchev–Trinajstić information content (AvgIpc) is 2.98. The molecule has 8 nitrogen and oxygen atoms in total. The molecule has 0 aromatic carbocycles. The third-order valence-corrected chi connectivity index (χ3v) is 2.36. The van der Waals surface area contributed by atoms with E-state index in [9.17, 15) is 9.59 Å². The number of aromatic nitrogens is 3. The van der Waals surface area contributed by atoms with Gasteiger partial charge < -0.3 is 19.5 Å². The summed E-state index contributed by atoms with van der Waals surface area (Å²) in [6.07, 6.45) is 2.79. The molecule has 0 fully saturated rings. The average molecular weight is 264 g/mol. The number of hydrogen-bond acceptors (Lipinski definition) is 5. The van der Waals surface area contributed by atoms with Crippen molar-refractivity contribution < 1.29 is 19.2 Å². The Hall–Kier alpha value is -2.64. The van der Waals surface area contributed by atoms with Crippen LogP contribution < -0.4 is 5.32 Å². The number of nitrogens with zero attached hydrogens (tertiary/aromatic N) is 3. The largest absolute Gasteiger partial charge is 0.476 e. The third kappa shape index (κ3) is 3.18. The Morgan fingerprint density at radius 2 is 2.32 bits per heavy atom. The molecule has 2 rings (SSSR count). The number of carbonyl (C=O) groups is 2. The summed E-state index contributed by atoms with van der Waals surface area (Å²) < 4.78 is 6.38. The van der Waals surface area contributed by atoms with Gasteiger partial charge in [0.25, 0.3) is 5.91 Å². The molecule has 0 spiro atoms. The van der Waals surface area contributed by atoms with Gasteiger partial charge in [0.15, 0.2) is 5.69 Å². The Morgan fingerprint density at radius 3 is 2.89 bits per heavy atom. The molecule has 100 valence electrons. The molecule has 19 heavy (non-hydrogen) atoms. The van der Waals surface area contributed by atoms with Gasteiger partial charge in [0.2, 0.25) is 5.76 Å². The van der Waals surface area contributed by atoms with Gasteiger partial charge in [-0.2, -0.15) is 0 Å². The molecule has 2 aromatic heterocycles. The van der Waals surface area contributed by atoms with Crippen molar-refractivity contribution in [2.24, 2.45) is 0 Å². The van der Waals surface area contributed by atoms with Gasteiger partial charge in [0.05, 0.1) is 12.0 Å². The summed E-state index contributed by atoms with van der Waals surface area (Å²) in [5.74, 6) is -1.30. The number of carboxylic acid groups (broad SMARTS) is 1. The first-order chi connectivity index (χ1) is 9.06. The maximum Gasteiger partial charge on any atom is 0.356 e. The van der Waals surface area contributed by atoms with E-state index in [4.69, 9.17) is 9.63 Å². The molecule has 2 heterocycles. The van der Waals surface area contributed by atoms with Crippen molar-refractivity contribution in [1.82, 2.24) is 20.0 Å². The van der Waals surface area contributed by atoms with Crippen LogP contribution in [0.3, 0.4) is 0 Å². The standard InChI is InChI=1S/C11H12N4O4/c1-7-4-9(19-14-7)10(16)12-2-3-15-5-8(11(17)18)13-6-15/h4-6H,2-3H2,1H3,(H,12,16)(H,17,18). The van der Waals surface area contributed by atoms with E-state index in [0.717, 1.165) is 0 Å². The number of carboxylic acids is 1. The SMILES string of the molecule is Cc1cc(C(=O)NCCn2cnc(C(=O)O)c2)on1. The van der Waals surface area contributed by atoms with Crippen LogP contribution in [0.25, 0.3) is 0 Å². The molecule has 0 atom stereocenters. The van der Waals surface area contributed by atoms with Crippen LogP contribution in [0.1, 0.15) is 26.7 Å². The Labute approximate surface area is 108 Å². The number of aromatic carboxylic acids is 1. The van der Waals surface area contributed by atoms with Crippen molar-refractivity contribution in [3.63, 3.8) is 0 Å². The molecule has 0 saturated carbocycles. The number of hydrogen-bond donors (Lipinski definition) is 2. The predicted molar refractivity (Wildman–Crippen MR) is 62.8 cm³/mol. The highest BCUT2D eigenvalue weighted by atomic mass is 16.5. The van der Waals surface area contributed by atoms with E-state index in [-0.39, 0.29) is 17.4 Å². The fraction of sp³-hybridized carbons (Fsp3) is 0.273. The van der Waals surface area contributed by atoms with Crippen molar-refractivity contribution >= 4 is 11.9 Å². The molecule has 0 unspecified atom stereocenters. The quantitative estimate of drug-likeness (QED) is 0.804. The molecule has 0 aliphatic carbocycles. The first kappa shape index (κ1) is 12.8. The molecule has 8 heteroatoms. The normalized spacial score (nSPS) is 10.4. The summed E-state index contributed by atoms with van der Waals surface area (Å²) in [5, 5.41) is 14.9. The minimum atomic E-state index is -1.08. The van der Waals surface area contributed by atoms with Crippen molar-refractivity contribution in [1.29, 1.82) is 0 Å². The monoisotopic (exact) mass is 264 g/mol. The van der Waals surface area contributed by atoms with Gasteiger partial charge in [-0.3, -0.25) is 4.79 Å². The number of aryl methyl sites for hydroxylation is 1. The van der Waals surface area contributed by atoms with E-state index in [0.29, 0.717) is 18.8 Å². The van der Waals surface area contributed by atoms with E-state index in [1.165, 1.54) is 18.6 Å². The van der Waals surface area contributed by atoms with Crippen LogP contribution in [0, 0.1) is 6.92 Å². The molecule has 0 saturated heterocycles. The summed E-state index contributed by atoms with van der Waals surface area (Å²) >= 11 is 0. The summed E-state index contributed by atoms with van der Waals surface area (Å²) in [4.78, 5) is 25.9. The lowest BCUT2D eigenvalue weighted by Gasteiger charge is -2.03. The van der Waals surface area contributed by atoms with Crippen LogP contribution in [-0.4, -0.2) is 38.2 Å². The van der Waals surface area contributed by atoms with E-state index in [1.54, 1.807) is 11.5 Å². The lowest BCUT2D eigenvalue weighted by Crippen LogP contribution is -2.26. The van der Waals surface area contributed by atoms with Crippen LogP contribution in [0.4, 0.5) is 0 Å². The van der Waals surface area contributed by atoms with Crippen LogP contribution in [0.2, 0.25) is 0 Å². The van der Waals surface area contributed by atoms with E-state index >= 15 is 0 Å². The Morgan fingerprint density at radius 1 is 1.53 bits per heavy atom. The minimum Gasteiger partial charge on any atom is -0.476 e. The molecule has 0 aliphatic heterocycles. The summed E-state index contributed by atoms with van der Waals surface area (Å²) in [5.41, 5.74) is 0.600. The Balaban J connectivity index is 1.83. The third-order valence-electron chi connectivity index (χ3n) is 2.36. The molecule has 0 aliphatic rings. The molecular formula is C11H12N4O4. The number of carbonyl (C=O) groups excluding carboxylic acids is 1. The van der Waals surface area contributed by atoms with Gasteiger partial charge in [-0.05, 0) is 6.92 Å². The molecule has 2 aromatic rings. The van der Waals surface area contributed by atoms with Gasteiger partial charge in [0, 0.05) is 25.4 Å². The van der Waals surface area contributed by atoms with E-state index < -0.39 is 5.97 Å². The first-order valence-corrected chi connectivity index (χ1v) is 5.53. The molecule has 0 radical (unpaired) electrons. The van der Waals surface area contributed by atoms with Gasteiger partial charge in [-0.1, -0.05) is 5.16 Å². The van der Waals surface area contributed by atoms with E-state index in [2.05, 4.69) is 15.5 Å². The number of imidazole rings is 1. The molecule has 2 N–H and O–H groups in total. The number of rotatable bonds is 5. The summed E-state index contributed by atoms with van der Waals surface area (Å²) in [7, 11) is 0. The Kier molecular flexibility index (Phi) is 3.60. The van der Waals surface area contributed by atoms with E-state index in [1.807, 2.05) is 0 Å². The highest BCUT2D eigenvalue weighted by Gasteiger charge is 2.11. The first-order valence-electron chi connectivity index (χ1n) is 5.53. The topological polar surface area (TPSA) is 110 Å². The predicted octanol–water partition coefficient (Wildman–Crippen LogP) is 0.308. The maximum atomic E-state index is 11.6. The zero-order chi connectivity index (χ0) is 13.8. The summed E-state index contributed by atoms with van der Waals surface area (Å²) in [6, 6.07) is 1.54. The summed E-state index contributed by atoms with van der Waals surface area (Å²) in [6.45, 7) is 2.46.